The standard InChI is InChI=1S/C6H8F3N3O/c1-4(13)5-2-10-11-12(5)3-6(7,8)9/h2,4,13H,3H2,1H3/t4-/m1/s1. The van der Waals surface area contributed by atoms with Gasteiger partial charge in [-0.25, -0.2) is 4.68 Å². The molecule has 0 aliphatic rings. The molecular formula is C6H8F3N3O. The molecule has 7 heteroatoms. The molecule has 0 radical (unpaired) electrons. The highest BCUT2D eigenvalue weighted by Crippen LogP contribution is 2.19. The highest BCUT2D eigenvalue weighted by atomic mass is 19.4. The smallest absolute Gasteiger partial charge is 0.387 e. The van der Waals surface area contributed by atoms with Crippen LogP contribution in [0.25, 0.3) is 0 Å². The lowest BCUT2D eigenvalue weighted by Crippen LogP contribution is -2.21. The summed E-state index contributed by atoms with van der Waals surface area (Å²) in [6.45, 7) is 0.124. The number of alkyl halides is 3. The van der Waals surface area contributed by atoms with Crippen molar-refractivity contribution in [2.75, 3.05) is 0 Å². The Bertz CT molecular complexity index is 281. The van der Waals surface area contributed by atoms with Gasteiger partial charge >= 0.3 is 6.18 Å². The van der Waals surface area contributed by atoms with Crippen LogP contribution < -0.4 is 0 Å². The summed E-state index contributed by atoms with van der Waals surface area (Å²) in [6, 6.07) is 0. The lowest BCUT2D eigenvalue weighted by molar-refractivity contribution is -0.143. The third kappa shape index (κ3) is 2.69. The van der Waals surface area contributed by atoms with Crippen molar-refractivity contribution in [2.45, 2.75) is 25.7 Å². The van der Waals surface area contributed by atoms with Crippen molar-refractivity contribution in [2.24, 2.45) is 0 Å². The van der Waals surface area contributed by atoms with Crippen molar-refractivity contribution in [3.63, 3.8) is 0 Å². The van der Waals surface area contributed by atoms with Gasteiger partial charge in [0, 0.05) is 0 Å². The molecule has 0 aliphatic heterocycles. The summed E-state index contributed by atoms with van der Waals surface area (Å²) in [5.41, 5.74) is 0.0531. The fourth-order valence-corrected chi connectivity index (χ4v) is 0.882. The maximum atomic E-state index is 11.9. The molecule has 13 heavy (non-hydrogen) atoms. The van der Waals surface area contributed by atoms with Crippen LogP contribution in [0.15, 0.2) is 6.20 Å². The van der Waals surface area contributed by atoms with Gasteiger partial charge in [0.15, 0.2) is 0 Å². The van der Waals surface area contributed by atoms with Crippen LogP contribution in [0, 0.1) is 0 Å². The quantitative estimate of drug-likeness (QED) is 0.762. The van der Waals surface area contributed by atoms with E-state index >= 15 is 0 Å². The Labute approximate surface area is 72.0 Å². The lowest BCUT2D eigenvalue weighted by atomic mass is 10.3. The third-order valence-corrected chi connectivity index (χ3v) is 1.40. The van der Waals surface area contributed by atoms with Gasteiger partial charge in [-0.2, -0.15) is 13.2 Å². The maximum absolute atomic E-state index is 11.9. The Balaban J connectivity index is 2.83. The topological polar surface area (TPSA) is 50.9 Å². The van der Waals surface area contributed by atoms with Gasteiger partial charge in [0.25, 0.3) is 0 Å². The van der Waals surface area contributed by atoms with E-state index in [2.05, 4.69) is 10.3 Å². The zero-order chi connectivity index (χ0) is 10.1. The van der Waals surface area contributed by atoms with Crippen LogP contribution in [-0.2, 0) is 6.54 Å². The molecular weight excluding hydrogens is 187 g/mol. The largest absolute Gasteiger partial charge is 0.408 e. The molecule has 0 aromatic carbocycles. The molecule has 0 unspecified atom stereocenters. The van der Waals surface area contributed by atoms with Gasteiger partial charge in [-0.3, -0.25) is 0 Å². The number of halogens is 3. The summed E-state index contributed by atoms with van der Waals surface area (Å²) in [4.78, 5) is 0. The molecule has 0 amide bonds. The Hall–Kier alpha value is -1.11. The fraction of sp³-hybridized carbons (Fsp3) is 0.667. The zero-order valence-electron chi connectivity index (χ0n) is 6.78. The first-order valence-corrected chi connectivity index (χ1v) is 3.53. The van der Waals surface area contributed by atoms with E-state index in [1.807, 2.05) is 0 Å². The van der Waals surface area contributed by atoms with Gasteiger partial charge in [-0.15, -0.1) is 5.10 Å². The van der Waals surface area contributed by atoms with Crippen molar-refractivity contribution in [1.29, 1.82) is 0 Å². The second-order valence-corrected chi connectivity index (χ2v) is 2.61. The Morgan fingerprint density at radius 3 is 2.69 bits per heavy atom. The van der Waals surface area contributed by atoms with Gasteiger partial charge in [0.1, 0.15) is 6.54 Å². The number of nitrogens with zero attached hydrogens (tertiary/aromatic N) is 3. The molecule has 0 saturated carbocycles. The second kappa shape index (κ2) is 3.33. The van der Waals surface area contributed by atoms with E-state index in [0.717, 1.165) is 6.20 Å². The molecule has 1 N–H and O–H groups in total. The molecule has 74 valence electrons. The van der Waals surface area contributed by atoms with Gasteiger partial charge in [0.2, 0.25) is 0 Å². The maximum Gasteiger partial charge on any atom is 0.408 e. The molecule has 1 rings (SSSR count). The van der Waals surface area contributed by atoms with Crippen molar-refractivity contribution in [1.82, 2.24) is 15.0 Å². The molecule has 4 nitrogen and oxygen atoms in total. The first-order valence-electron chi connectivity index (χ1n) is 3.53. The van der Waals surface area contributed by atoms with Crippen molar-refractivity contribution in [3.8, 4) is 0 Å². The summed E-state index contributed by atoms with van der Waals surface area (Å²) in [6.07, 6.45) is -4.24. The van der Waals surface area contributed by atoms with Crippen molar-refractivity contribution >= 4 is 0 Å². The normalized spacial score (nSPS) is 14.5. The van der Waals surface area contributed by atoms with Gasteiger partial charge in [0.05, 0.1) is 18.0 Å². The minimum atomic E-state index is -4.35. The van der Waals surface area contributed by atoms with Crippen LogP contribution in [0.1, 0.15) is 18.7 Å². The number of aliphatic hydroxyl groups is 1. The third-order valence-electron chi connectivity index (χ3n) is 1.40. The Morgan fingerprint density at radius 2 is 2.23 bits per heavy atom. The zero-order valence-corrected chi connectivity index (χ0v) is 6.78. The van der Waals surface area contributed by atoms with E-state index in [-0.39, 0.29) is 5.69 Å². The number of aliphatic hydroxyl groups excluding tert-OH is 1. The number of rotatable bonds is 2. The Kier molecular flexibility index (Phi) is 2.55. The summed E-state index contributed by atoms with van der Waals surface area (Å²) in [5, 5.41) is 15.5. The number of hydrogen-bond acceptors (Lipinski definition) is 3. The van der Waals surface area contributed by atoms with E-state index in [4.69, 9.17) is 5.11 Å². The molecule has 0 bridgehead atoms. The monoisotopic (exact) mass is 195 g/mol. The average molecular weight is 195 g/mol. The van der Waals surface area contributed by atoms with Crippen molar-refractivity contribution in [3.05, 3.63) is 11.9 Å². The van der Waals surface area contributed by atoms with E-state index in [1.54, 1.807) is 0 Å². The summed E-state index contributed by atoms with van der Waals surface area (Å²) < 4.78 is 36.3. The van der Waals surface area contributed by atoms with Gasteiger partial charge in [-0.05, 0) is 6.92 Å². The summed E-state index contributed by atoms with van der Waals surface area (Å²) in [5.74, 6) is 0. The molecule has 1 aromatic heterocycles. The van der Waals surface area contributed by atoms with E-state index in [1.165, 1.54) is 6.92 Å². The number of aromatic nitrogens is 3. The van der Waals surface area contributed by atoms with E-state index in [0.29, 0.717) is 4.68 Å². The van der Waals surface area contributed by atoms with E-state index < -0.39 is 18.8 Å². The number of hydrogen-bond donors (Lipinski definition) is 1. The molecule has 1 aromatic rings. The summed E-state index contributed by atoms with van der Waals surface area (Å²) >= 11 is 0. The predicted molar refractivity (Wildman–Crippen MR) is 36.7 cm³/mol. The highest BCUT2D eigenvalue weighted by molar-refractivity contribution is 4.97. The van der Waals surface area contributed by atoms with Gasteiger partial charge in [-0.1, -0.05) is 5.21 Å². The second-order valence-electron chi connectivity index (χ2n) is 2.61. The minimum Gasteiger partial charge on any atom is -0.387 e. The molecule has 0 aliphatic carbocycles. The lowest BCUT2D eigenvalue weighted by Gasteiger charge is -2.09. The van der Waals surface area contributed by atoms with E-state index in [9.17, 15) is 13.2 Å². The minimum absolute atomic E-state index is 0.0531. The molecule has 1 heterocycles. The van der Waals surface area contributed by atoms with Crippen LogP contribution in [0.3, 0.4) is 0 Å². The molecule has 0 spiro atoms. The van der Waals surface area contributed by atoms with Crippen LogP contribution in [-0.4, -0.2) is 26.3 Å². The fourth-order valence-electron chi connectivity index (χ4n) is 0.882. The predicted octanol–water partition coefficient (Wildman–Crippen LogP) is 0.894. The first-order chi connectivity index (χ1) is 5.90. The van der Waals surface area contributed by atoms with Gasteiger partial charge < -0.3 is 5.11 Å². The Morgan fingerprint density at radius 1 is 1.62 bits per heavy atom. The average Bonchev–Trinajstić information content (AvgIpc) is 2.31. The molecule has 1 atom stereocenters. The highest BCUT2D eigenvalue weighted by Gasteiger charge is 2.30. The van der Waals surface area contributed by atoms with Crippen LogP contribution in [0.4, 0.5) is 13.2 Å². The SMILES string of the molecule is C[C@@H](O)c1cnnn1CC(F)(F)F. The van der Waals surface area contributed by atoms with Crippen molar-refractivity contribution < 1.29 is 18.3 Å². The molecule has 0 saturated heterocycles. The summed E-state index contributed by atoms with van der Waals surface area (Å²) in [7, 11) is 0. The first kappa shape index (κ1) is 9.97. The van der Waals surface area contributed by atoms with Crippen LogP contribution in [0.2, 0.25) is 0 Å². The molecule has 0 fully saturated rings. The van der Waals surface area contributed by atoms with Crippen LogP contribution >= 0.6 is 0 Å². The van der Waals surface area contributed by atoms with Crippen LogP contribution in [0.5, 0.6) is 0 Å².